The zero-order valence-electron chi connectivity index (χ0n) is 20.5. The van der Waals surface area contributed by atoms with Crippen LogP contribution in [0.25, 0.3) is 0 Å². The van der Waals surface area contributed by atoms with Crippen LogP contribution in [-0.4, -0.2) is 37.6 Å². The fourth-order valence-electron chi connectivity index (χ4n) is 3.06. The molecule has 1 amide bonds. The van der Waals surface area contributed by atoms with E-state index in [0.717, 1.165) is 0 Å². The first kappa shape index (κ1) is 27.4. The van der Waals surface area contributed by atoms with E-state index in [1.54, 1.807) is 13.8 Å². The molecule has 0 aromatic heterocycles. The molecule has 168 valence electrons. The third-order valence-electron chi connectivity index (χ3n) is 4.98. The highest BCUT2D eigenvalue weighted by Crippen LogP contribution is 2.25. The van der Waals surface area contributed by atoms with Crippen molar-refractivity contribution in [1.29, 1.82) is 0 Å². The normalized spacial score (nSPS) is 16.6. The van der Waals surface area contributed by atoms with Crippen molar-refractivity contribution in [2.45, 2.75) is 81.3 Å². The maximum atomic E-state index is 12.9. The summed E-state index contributed by atoms with van der Waals surface area (Å²) < 4.78 is 5.09. The second-order valence-corrected chi connectivity index (χ2v) is 10.2. The summed E-state index contributed by atoms with van der Waals surface area (Å²) in [5.41, 5.74) is 0.267. The van der Waals surface area contributed by atoms with Crippen LogP contribution in [-0.2, 0) is 14.3 Å². The van der Waals surface area contributed by atoms with Crippen LogP contribution >= 0.6 is 0 Å². The summed E-state index contributed by atoms with van der Waals surface area (Å²) in [6, 6.07) is -0.418. The van der Waals surface area contributed by atoms with Crippen LogP contribution in [0.5, 0.6) is 0 Å². The summed E-state index contributed by atoms with van der Waals surface area (Å²) in [4.78, 5) is 24.9. The van der Waals surface area contributed by atoms with E-state index in [-0.39, 0.29) is 40.7 Å². The van der Waals surface area contributed by atoms with E-state index in [2.05, 4.69) is 57.4 Å². The van der Waals surface area contributed by atoms with E-state index in [1.165, 1.54) is 0 Å². The number of likely N-dealkylation sites (N-methyl/N-ethyl adjacent to an activating group) is 1. The molecule has 3 atom stereocenters. The molecule has 0 saturated carbocycles. The Hall–Kier alpha value is -1.62. The first-order chi connectivity index (χ1) is 13.1. The van der Waals surface area contributed by atoms with Crippen LogP contribution in [0.4, 0.5) is 0 Å². The van der Waals surface area contributed by atoms with Gasteiger partial charge in [-0.1, -0.05) is 73.6 Å². The topological polar surface area (TPSA) is 67.4 Å². The number of hydrogen-bond donors (Lipinski definition) is 2. The number of allylic oxidation sites excluding steroid dienone is 2. The monoisotopic (exact) mass is 408 g/mol. The molecular formula is C24H44N2O3. The number of amides is 1. The summed E-state index contributed by atoms with van der Waals surface area (Å²) >= 11 is 0. The van der Waals surface area contributed by atoms with Crippen molar-refractivity contribution in [3.05, 3.63) is 23.8 Å². The van der Waals surface area contributed by atoms with Crippen molar-refractivity contribution in [3.8, 4) is 0 Å². The van der Waals surface area contributed by atoms with Gasteiger partial charge in [0.05, 0.1) is 18.7 Å². The van der Waals surface area contributed by atoms with Gasteiger partial charge in [-0.05, 0) is 43.6 Å². The minimum Gasteiger partial charge on any atom is -0.463 e. The minimum absolute atomic E-state index is 0.0103. The zero-order valence-corrected chi connectivity index (χ0v) is 20.5. The van der Waals surface area contributed by atoms with Gasteiger partial charge in [0.15, 0.2) is 0 Å². The van der Waals surface area contributed by atoms with Crippen LogP contribution in [0.2, 0.25) is 0 Å². The molecule has 0 rings (SSSR count). The summed E-state index contributed by atoms with van der Waals surface area (Å²) in [6.45, 7) is 20.7. The number of ether oxygens (including phenoxy) is 1. The molecule has 0 saturated heterocycles. The SMILES string of the molecule is CCOC(=O)C(C)=C[C@@H](C=C[C@@H](NC(=O)[C@@H](NC)C(C)(C)C)C(C)(C)C)C(C)C. The standard InChI is InChI=1S/C24H44N2O3/c1-12-29-22(28)17(4)15-18(16(2)3)13-14-19(23(5,6)7)26-21(27)20(25-11)24(8,9)10/h13-16,18-20,25H,12H2,1-11H3,(H,26,27)/t18-,19-,20-/m1/s1. The maximum Gasteiger partial charge on any atom is 0.333 e. The van der Waals surface area contributed by atoms with Crippen molar-refractivity contribution >= 4 is 11.9 Å². The second-order valence-electron chi connectivity index (χ2n) is 10.2. The molecule has 5 nitrogen and oxygen atoms in total. The molecule has 0 heterocycles. The van der Waals surface area contributed by atoms with E-state index in [1.807, 2.05) is 33.9 Å². The Labute approximate surface area is 178 Å². The molecule has 0 aliphatic heterocycles. The Morgan fingerprint density at radius 2 is 1.55 bits per heavy atom. The predicted molar refractivity (Wildman–Crippen MR) is 122 cm³/mol. The van der Waals surface area contributed by atoms with Crippen LogP contribution in [0.1, 0.15) is 69.2 Å². The van der Waals surface area contributed by atoms with Crippen molar-refractivity contribution < 1.29 is 14.3 Å². The Morgan fingerprint density at radius 1 is 1.00 bits per heavy atom. The van der Waals surface area contributed by atoms with Gasteiger partial charge in [-0.2, -0.15) is 0 Å². The lowest BCUT2D eigenvalue weighted by Gasteiger charge is -2.34. The van der Waals surface area contributed by atoms with Crippen molar-refractivity contribution in [2.75, 3.05) is 13.7 Å². The smallest absolute Gasteiger partial charge is 0.333 e. The molecule has 0 aliphatic carbocycles. The lowest BCUT2D eigenvalue weighted by molar-refractivity contribution is -0.138. The minimum atomic E-state index is -0.285. The number of hydrogen-bond acceptors (Lipinski definition) is 4. The molecule has 0 radical (unpaired) electrons. The average Bonchev–Trinajstić information content (AvgIpc) is 2.55. The first-order valence-corrected chi connectivity index (χ1v) is 10.7. The fraction of sp³-hybridized carbons (Fsp3) is 0.750. The second kappa shape index (κ2) is 11.5. The molecule has 0 aliphatic rings. The lowest BCUT2D eigenvalue weighted by atomic mass is 9.82. The van der Waals surface area contributed by atoms with Crippen molar-refractivity contribution in [3.63, 3.8) is 0 Å². The molecule has 0 unspecified atom stereocenters. The summed E-state index contributed by atoms with van der Waals surface area (Å²) in [5, 5.41) is 6.34. The number of rotatable bonds is 9. The lowest BCUT2D eigenvalue weighted by Crippen LogP contribution is -2.54. The number of esters is 1. The number of carbonyl (C=O) groups is 2. The van der Waals surface area contributed by atoms with Crippen LogP contribution in [0.3, 0.4) is 0 Å². The molecule has 0 aromatic carbocycles. The van der Waals surface area contributed by atoms with Crippen LogP contribution in [0.15, 0.2) is 23.8 Å². The van der Waals surface area contributed by atoms with Crippen LogP contribution in [0, 0.1) is 22.7 Å². The molecule has 0 bridgehead atoms. The highest BCUT2D eigenvalue weighted by Gasteiger charge is 2.33. The van der Waals surface area contributed by atoms with Gasteiger partial charge >= 0.3 is 5.97 Å². The third kappa shape index (κ3) is 9.62. The van der Waals surface area contributed by atoms with Gasteiger partial charge in [0.2, 0.25) is 5.91 Å². The fourth-order valence-corrected chi connectivity index (χ4v) is 3.06. The van der Waals surface area contributed by atoms with Gasteiger partial charge in [0, 0.05) is 5.57 Å². The summed E-state index contributed by atoms with van der Waals surface area (Å²) in [5.74, 6) is 0.0913. The van der Waals surface area contributed by atoms with E-state index in [4.69, 9.17) is 4.74 Å². The highest BCUT2D eigenvalue weighted by atomic mass is 16.5. The third-order valence-corrected chi connectivity index (χ3v) is 4.98. The van der Waals surface area contributed by atoms with Gasteiger partial charge in [-0.15, -0.1) is 0 Å². The van der Waals surface area contributed by atoms with Crippen LogP contribution < -0.4 is 10.6 Å². The van der Waals surface area contributed by atoms with Gasteiger partial charge in [-0.3, -0.25) is 4.79 Å². The maximum absolute atomic E-state index is 12.9. The van der Waals surface area contributed by atoms with Gasteiger partial charge < -0.3 is 15.4 Å². The van der Waals surface area contributed by atoms with Gasteiger partial charge in [-0.25, -0.2) is 4.79 Å². The summed E-state index contributed by atoms with van der Waals surface area (Å²) in [6.07, 6.45) is 6.11. The van der Waals surface area contributed by atoms with Crippen molar-refractivity contribution in [2.24, 2.45) is 22.7 Å². The molecular weight excluding hydrogens is 364 g/mol. The van der Waals surface area contributed by atoms with Crippen molar-refractivity contribution in [1.82, 2.24) is 10.6 Å². The largest absolute Gasteiger partial charge is 0.463 e. The Bertz CT molecular complexity index is 592. The van der Waals surface area contributed by atoms with E-state index < -0.39 is 0 Å². The quantitative estimate of drug-likeness (QED) is 0.335. The number of carbonyl (C=O) groups excluding carboxylic acids is 2. The van der Waals surface area contributed by atoms with E-state index >= 15 is 0 Å². The zero-order chi connectivity index (χ0) is 23.0. The van der Waals surface area contributed by atoms with Gasteiger partial charge in [0.25, 0.3) is 0 Å². The predicted octanol–water partition coefficient (Wildman–Crippen LogP) is 4.49. The Balaban J connectivity index is 5.63. The molecule has 0 fully saturated rings. The van der Waals surface area contributed by atoms with E-state index in [0.29, 0.717) is 18.1 Å². The highest BCUT2D eigenvalue weighted by molar-refractivity contribution is 5.87. The average molecular weight is 409 g/mol. The Morgan fingerprint density at radius 3 is 1.93 bits per heavy atom. The molecule has 5 heteroatoms. The summed E-state index contributed by atoms with van der Waals surface area (Å²) in [7, 11) is 1.81. The van der Waals surface area contributed by atoms with E-state index in [9.17, 15) is 9.59 Å². The Kier molecular flexibility index (Phi) is 10.9. The van der Waals surface area contributed by atoms with Gasteiger partial charge in [0.1, 0.15) is 0 Å². The molecule has 2 N–H and O–H groups in total. The molecule has 0 spiro atoms. The molecule has 0 aromatic rings. The molecule has 29 heavy (non-hydrogen) atoms. The first-order valence-electron chi connectivity index (χ1n) is 10.7. The number of nitrogens with one attached hydrogen (secondary N) is 2.